The summed E-state index contributed by atoms with van der Waals surface area (Å²) >= 11 is 0. The molecule has 2 aromatic rings. The number of nitrogens with zero attached hydrogens (tertiary/aromatic N) is 2. The number of carbonyl (C=O) groups is 2. The van der Waals surface area contributed by atoms with Crippen LogP contribution in [0.15, 0.2) is 59.2 Å². The van der Waals surface area contributed by atoms with Crippen LogP contribution in [0, 0.1) is 18.3 Å². The lowest BCUT2D eigenvalue weighted by Gasteiger charge is -2.26. The average molecular weight is 431 g/mol. The van der Waals surface area contributed by atoms with Crippen molar-refractivity contribution in [3.8, 4) is 17.6 Å². The molecule has 0 saturated heterocycles. The predicted octanol–water partition coefficient (Wildman–Crippen LogP) is 4.58. The third-order valence-electron chi connectivity index (χ3n) is 5.24. The van der Waals surface area contributed by atoms with Crippen LogP contribution in [0.1, 0.15) is 37.5 Å². The lowest BCUT2D eigenvalue weighted by atomic mass is 9.93. The molecule has 0 bridgehead atoms. The first-order valence-electron chi connectivity index (χ1n) is 10.5. The molecule has 3 rings (SSSR count). The van der Waals surface area contributed by atoms with Gasteiger partial charge in [0, 0.05) is 12.1 Å². The van der Waals surface area contributed by atoms with Crippen LogP contribution in [0.3, 0.4) is 0 Å². The second-order valence-electron chi connectivity index (χ2n) is 7.44. The Bertz CT molecular complexity index is 1140. The minimum atomic E-state index is -0.551. The van der Waals surface area contributed by atoms with Gasteiger partial charge in [-0.2, -0.15) is 5.26 Å². The van der Waals surface area contributed by atoms with Crippen LogP contribution < -0.4 is 9.47 Å². The number of amides is 2. The van der Waals surface area contributed by atoms with Crippen molar-refractivity contribution in [3.63, 3.8) is 0 Å². The summed E-state index contributed by atoms with van der Waals surface area (Å²) < 4.78 is 11.7. The zero-order valence-electron chi connectivity index (χ0n) is 18.8. The van der Waals surface area contributed by atoms with E-state index in [0.717, 1.165) is 10.5 Å². The molecule has 0 unspecified atom stereocenters. The Morgan fingerprint density at radius 3 is 2.31 bits per heavy atom. The molecule has 1 heterocycles. The highest BCUT2D eigenvalue weighted by atomic mass is 16.5. The molecular weight excluding hydrogens is 404 g/mol. The number of ether oxygens (including phenoxy) is 2. The third kappa shape index (κ3) is 4.73. The zero-order valence-corrected chi connectivity index (χ0v) is 18.8. The fourth-order valence-corrected chi connectivity index (χ4v) is 3.43. The lowest BCUT2D eigenvalue weighted by molar-refractivity contribution is -0.140. The SMILES string of the molecule is CCOc1cc(/C=C2/C(=O)N(CC)C(=O)C(C#N)=C2C)ccc1OCc1ccc(C)cc1. The number of nitriles is 1. The summed E-state index contributed by atoms with van der Waals surface area (Å²) in [6, 6.07) is 15.5. The largest absolute Gasteiger partial charge is 0.490 e. The number of imide groups is 1. The van der Waals surface area contributed by atoms with Gasteiger partial charge in [-0.1, -0.05) is 35.9 Å². The Morgan fingerprint density at radius 1 is 0.969 bits per heavy atom. The van der Waals surface area contributed by atoms with E-state index in [1.54, 1.807) is 32.1 Å². The van der Waals surface area contributed by atoms with Crippen molar-refractivity contribution < 1.29 is 19.1 Å². The molecule has 0 radical (unpaired) electrons. The Hall–Kier alpha value is -3.85. The van der Waals surface area contributed by atoms with Crippen molar-refractivity contribution >= 4 is 17.9 Å². The molecule has 0 saturated carbocycles. The average Bonchev–Trinajstić information content (AvgIpc) is 2.78. The lowest BCUT2D eigenvalue weighted by Crippen LogP contribution is -2.42. The van der Waals surface area contributed by atoms with Gasteiger partial charge in [-0.3, -0.25) is 14.5 Å². The molecule has 0 aliphatic carbocycles. The second kappa shape index (κ2) is 9.97. The Morgan fingerprint density at radius 2 is 1.69 bits per heavy atom. The second-order valence-corrected chi connectivity index (χ2v) is 7.44. The number of rotatable bonds is 7. The highest BCUT2D eigenvalue weighted by Crippen LogP contribution is 2.32. The van der Waals surface area contributed by atoms with E-state index in [2.05, 4.69) is 0 Å². The van der Waals surface area contributed by atoms with Gasteiger partial charge in [0.1, 0.15) is 18.2 Å². The van der Waals surface area contributed by atoms with Crippen molar-refractivity contribution in [2.45, 2.75) is 34.3 Å². The molecule has 0 N–H and O–H groups in total. The van der Waals surface area contributed by atoms with E-state index in [0.29, 0.717) is 41.4 Å². The summed E-state index contributed by atoms with van der Waals surface area (Å²) in [6.07, 6.45) is 1.68. The first-order valence-corrected chi connectivity index (χ1v) is 10.5. The molecule has 164 valence electrons. The van der Waals surface area contributed by atoms with Crippen molar-refractivity contribution in [1.29, 1.82) is 5.26 Å². The van der Waals surface area contributed by atoms with Gasteiger partial charge >= 0.3 is 0 Å². The summed E-state index contributed by atoms with van der Waals surface area (Å²) in [6.45, 7) is 8.30. The van der Waals surface area contributed by atoms with Gasteiger partial charge < -0.3 is 9.47 Å². The third-order valence-corrected chi connectivity index (χ3v) is 5.24. The number of likely N-dealkylation sites (N-methyl/N-ethyl adjacent to an activating group) is 1. The van der Waals surface area contributed by atoms with Gasteiger partial charge in [0.2, 0.25) is 0 Å². The minimum absolute atomic E-state index is 0.0132. The molecule has 6 heteroatoms. The first kappa shape index (κ1) is 22.8. The maximum absolute atomic E-state index is 12.8. The minimum Gasteiger partial charge on any atom is -0.490 e. The van der Waals surface area contributed by atoms with Gasteiger partial charge in [-0.25, -0.2) is 0 Å². The van der Waals surface area contributed by atoms with E-state index in [1.807, 2.05) is 50.2 Å². The monoisotopic (exact) mass is 430 g/mol. The van der Waals surface area contributed by atoms with Crippen molar-refractivity contribution in [2.75, 3.05) is 13.2 Å². The standard InChI is InChI=1S/C26H26N2O4/c1-5-28-25(29)21(18(4)22(15-27)26(28)30)13-20-11-12-23(24(14-20)31-6-2)32-16-19-9-7-17(3)8-10-19/h7-14H,5-6,16H2,1-4H3/b21-13+. The van der Waals surface area contributed by atoms with E-state index < -0.39 is 11.8 Å². The Labute approximate surface area is 188 Å². The molecule has 1 aliphatic heterocycles. The molecule has 32 heavy (non-hydrogen) atoms. The zero-order chi connectivity index (χ0) is 23.3. The fraction of sp³-hybridized carbons (Fsp3) is 0.269. The van der Waals surface area contributed by atoms with Crippen LogP contribution in [0.2, 0.25) is 0 Å². The highest BCUT2D eigenvalue weighted by molar-refractivity contribution is 6.19. The molecule has 2 aromatic carbocycles. The summed E-state index contributed by atoms with van der Waals surface area (Å²) in [5, 5.41) is 9.40. The first-order chi connectivity index (χ1) is 15.4. The van der Waals surface area contributed by atoms with Gasteiger partial charge in [-0.05, 0) is 62.6 Å². The van der Waals surface area contributed by atoms with E-state index >= 15 is 0 Å². The quantitative estimate of drug-likeness (QED) is 0.474. The molecule has 0 aromatic heterocycles. The molecule has 0 spiro atoms. The topological polar surface area (TPSA) is 79.6 Å². The summed E-state index contributed by atoms with van der Waals surface area (Å²) in [5.74, 6) is 0.193. The number of hydrogen-bond donors (Lipinski definition) is 0. The van der Waals surface area contributed by atoms with Gasteiger partial charge in [0.25, 0.3) is 11.8 Å². The van der Waals surface area contributed by atoms with Crippen LogP contribution in [-0.2, 0) is 16.2 Å². The van der Waals surface area contributed by atoms with Crippen molar-refractivity contribution in [2.24, 2.45) is 0 Å². The summed E-state index contributed by atoms with van der Waals surface area (Å²) in [4.78, 5) is 26.3. The summed E-state index contributed by atoms with van der Waals surface area (Å²) in [7, 11) is 0. The maximum atomic E-state index is 12.8. The van der Waals surface area contributed by atoms with E-state index in [1.165, 1.54) is 5.56 Å². The Balaban J connectivity index is 1.93. The van der Waals surface area contributed by atoms with E-state index in [9.17, 15) is 14.9 Å². The van der Waals surface area contributed by atoms with Crippen LogP contribution in [-0.4, -0.2) is 29.9 Å². The normalized spacial score (nSPS) is 15.2. The van der Waals surface area contributed by atoms with Crippen LogP contribution in [0.4, 0.5) is 0 Å². The van der Waals surface area contributed by atoms with Crippen LogP contribution in [0.5, 0.6) is 11.5 Å². The number of aryl methyl sites for hydroxylation is 1. The fourth-order valence-electron chi connectivity index (χ4n) is 3.43. The van der Waals surface area contributed by atoms with E-state index in [-0.39, 0.29) is 12.1 Å². The number of benzene rings is 2. The van der Waals surface area contributed by atoms with Crippen molar-refractivity contribution in [1.82, 2.24) is 4.90 Å². The predicted molar refractivity (Wildman–Crippen MR) is 122 cm³/mol. The van der Waals surface area contributed by atoms with Crippen LogP contribution in [0.25, 0.3) is 6.08 Å². The smallest absolute Gasteiger partial charge is 0.271 e. The van der Waals surface area contributed by atoms with Gasteiger partial charge in [-0.15, -0.1) is 0 Å². The molecule has 6 nitrogen and oxygen atoms in total. The number of hydrogen-bond acceptors (Lipinski definition) is 5. The Kier molecular flexibility index (Phi) is 7.11. The molecule has 0 atom stereocenters. The van der Waals surface area contributed by atoms with Crippen molar-refractivity contribution in [3.05, 3.63) is 75.9 Å². The van der Waals surface area contributed by atoms with Gasteiger partial charge in [0.15, 0.2) is 11.5 Å². The summed E-state index contributed by atoms with van der Waals surface area (Å²) in [5.41, 5.74) is 3.63. The highest BCUT2D eigenvalue weighted by Gasteiger charge is 2.34. The van der Waals surface area contributed by atoms with E-state index in [4.69, 9.17) is 9.47 Å². The molecule has 0 fully saturated rings. The number of carbonyl (C=O) groups excluding carboxylic acids is 2. The van der Waals surface area contributed by atoms with Crippen LogP contribution >= 0.6 is 0 Å². The maximum Gasteiger partial charge on any atom is 0.271 e. The van der Waals surface area contributed by atoms with Gasteiger partial charge in [0.05, 0.1) is 6.61 Å². The molecule has 1 aliphatic rings. The molecular formula is C26H26N2O4. The molecule has 2 amide bonds.